The highest BCUT2D eigenvalue weighted by Gasteiger charge is 2.18. The third-order valence-corrected chi connectivity index (χ3v) is 6.54. The van der Waals surface area contributed by atoms with Gasteiger partial charge in [0.1, 0.15) is 0 Å². The zero-order chi connectivity index (χ0) is 21.9. The van der Waals surface area contributed by atoms with Crippen LogP contribution in [-0.4, -0.2) is 14.3 Å². The summed E-state index contributed by atoms with van der Waals surface area (Å²) < 4.78 is 28.2. The van der Waals surface area contributed by atoms with Crippen LogP contribution in [0, 0.1) is 20.8 Å². The van der Waals surface area contributed by atoms with E-state index in [1.54, 1.807) is 24.3 Å². The molecule has 0 bridgehead atoms. The van der Waals surface area contributed by atoms with Crippen molar-refractivity contribution in [2.75, 3.05) is 4.72 Å². The topological polar surface area (TPSA) is 75.3 Å². The summed E-state index contributed by atoms with van der Waals surface area (Å²) in [6.45, 7) is 7.81. The van der Waals surface area contributed by atoms with Gasteiger partial charge < -0.3 is 5.32 Å². The van der Waals surface area contributed by atoms with Crippen LogP contribution < -0.4 is 10.0 Å². The Morgan fingerprint density at radius 3 is 2.27 bits per heavy atom. The van der Waals surface area contributed by atoms with Gasteiger partial charge in [-0.2, -0.15) is 0 Å². The van der Waals surface area contributed by atoms with Gasteiger partial charge >= 0.3 is 0 Å². The van der Waals surface area contributed by atoms with Gasteiger partial charge in [-0.15, -0.1) is 0 Å². The van der Waals surface area contributed by atoms with Gasteiger partial charge in [-0.25, -0.2) is 8.42 Å². The Balaban J connectivity index is 1.79. The first-order chi connectivity index (χ1) is 14.2. The fourth-order valence-corrected chi connectivity index (χ4v) is 4.27. The zero-order valence-corrected chi connectivity index (χ0v) is 18.4. The highest BCUT2D eigenvalue weighted by molar-refractivity contribution is 7.92. The van der Waals surface area contributed by atoms with Crippen molar-refractivity contribution < 1.29 is 13.2 Å². The minimum atomic E-state index is -3.81. The van der Waals surface area contributed by atoms with Gasteiger partial charge in [0.15, 0.2) is 0 Å². The zero-order valence-electron chi connectivity index (χ0n) is 17.6. The number of hydrogen-bond acceptors (Lipinski definition) is 3. The van der Waals surface area contributed by atoms with Crippen LogP contribution in [0.25, 0.3) is 0 Å². The molecule has 0 aliphatic rings. The van der Waals surface area contributed by atoms with Crippen LogP contribution in [0.2, 0.25) is 0 Å². The Labute approximate surface area is 178 Å². The maximum atomic E-state index is 12.8. The smallest absolute Gasteiger partial charge is 0.261 e. The number of anilines is 1. The average Bonchev–Trinajstić information content (AvgIpc) is 2.71. The van der Waals surface area contributed by atoms with Gasteiger partial charge in [0.25, 0.3) is 15.9 Å². The van der Waals surface area contributed by atoms with Crippen molar-refractivity contribution in [3.8, 4) is 0 Å². The molecule has 3 aromatic rings. The van der Waals surface area contributed by atoms with Crippen LogP contribution in [0.3, 0.4) is 0 Å². The summed E-state index contributed by atoms with van der Waals surface area (Å²) in [6, 6.07) is 19.0. The van der Waals surface area contributed by atoms with Gasteiger partial charge in [-0.1, -0.05) is 42.5 Å². The SMILES string of the molecule is Cc1ccc([C@H](C)NC(=O)c2cccc(S(=O)(=O)Nc3ccccc3C)c2)cc1C. The van der Waals surface area contributed by atoms with Crippen LogP contribution >= 0.6 is 0 Å². The first kappa shape index (κ1) is 21.6. The first-order valence-corrected chi connectivity index (χ1v) is 11.2. The molecule has 1 amide bonds. The van der Waals surface area contributed by atoms with Crippen LogP contribution in [0.4, 0.5) is 5.69 Å². The number of rotatable bonds is 6. The molecule has 3 rings (SSSR count). The highest BCUT2D eigenvalue weighted by Crippen LogP contribution is 2.21. The quantitative estimate of drug-likeness (QED) is 0.593. The van der Waals surface area contributed by atoms with E-state index in [0.717, 1.165) is 16.7 Å². The predicted molar refractivity (Wildman–Crippen MR) is 120 cm³/mol. The van der Waals surface area contributed by atoms with E-state index in [1.807, 2.05) is 58.0 Å². The summed E-state index contributed by atoms with van der Waals surface area (Å²) in [7, 11) is -3.81. The third kappa shape index (κ3) is 4.89. The standard InChI is InChI=1S/C24H26N2O3S/c1-16-12-13-20(14-18(16)3)19(4)25-24(27)21-9-7-10-22(15-21)30(28,29)26-23-11-6-5-8-17(23)2/h5-15,19,26H,1-4H3,(H,25,27)/t19-/m0/s1. The van der Waals surface area contributed by atoms with E-state index in [1.165, 1.54) is 17.7 Å². The molecular formula is C24H26N2O3S. The number of carbonyl (C=O) groups is 1. The number of aryl methyl sites for hydroxylation is 3. The van der Waals surface area contributed by atoms with Gasteiger partial charge in [0.05, 0.1) is 16.6 Å². The van der Waals surface area contributed by atoms with Crippen molar-refractivity contribution in [2.24, 2.45) is 0 Å². The number of amides is 1. The number of benzene rings is 3. The summed E-state index contributed by atoms with van der Waals surface area (Å²) in [5, 5.41) is 2.94. The van der Waals surface area contributed by atoms with Gasteiger partial charge in [0, 0.05) is 5.56 Å². The van der Waals surface area contributed by atoms with Gasteiger partial charge in [-0.3, -0.25) is 9.52 Å². The number of hydrogen-bond donors (Lipinski definition) is 2. The highest BCUT2D eigenvalue weighted by atomic mass is 32.2. The molecule has 0 aliphatic carbocycles. The number of carbonyl (C=O) groups excluding carboxylic acids is 1. The third-order valence-electron chi connectivity index (χ3n) is 5.17. The molecule has 0 saturated heterocycles. The van der Waals surface area contributed by atoms with Crippen molar-refractivity contribution in [3.63, 3.8) is 0 Å². The van der Waals surface area contributed by atoms with E-state index >= 15 is 0 Å². The van der Waals surface area contributed by atoms with Crippen LogP contribution in [-0.2, 0) is 10.0 Å². The minimum Gasteiger partial charge on any atom is -0.346 e. The summed E-state index contributed by atoms with van der Waals surface area (Å²) in [4.78, 5) is 12.8. The van der Waals surface area contributed by atoms with Gasteiger partial charge in [0.2, 0.25) is 0 Å². The van der Waals surface area contributed by atoms with Crippen molar-refractivity contribution in [3.05, 3.63) is 94.5 Å². The van der Waals surface area contributed by atoms with Gasteiger partial charge in [-0.05, 0) is 74.2 Å². The Morgan fingerprint density at radius 1 is 0.833 bits per heavy atom. The maximum absolute atomic E-state index is 12.8. The second kappa shape index (κ2) is 8.71. The van der Waals surface area contributed by atoms with E-state index in [2.05, 4.69) is 10.0 Å². The molecule has 1 atom stereocenters. The molecule has 2 N–H and O–H groups in total. The minimum absolute atomic E-state index is 0.0391. The Kier molecular flexibility index (Phi) is 6.27. The fraction of sp³-hybridized carbons (Fsp3) is 0.208. The van der Waals surface area contributed by atoms with E-state index in [4.69, 9.17) is 0 Å². The molecule has 6 heteroatoms. The molecule has 0 aliphatic heterocycles. The number of nitrogens with one attached hydrogen (secondary N) is 2. The molecule has 156 valence electrons. The normalized spacial score (nSPS) is 12.3. The van der Waals surface area contributed by atoms with Crippen LogP contribution in [0.1, 0.15) is 45.6 Å². The Bertz CT molecular complexity index is 1190. The molecule has 30 heavy (non-hydrogen) atoms. The lowest BCUT2D eigenvalue weighted by atomic mass is 10.0. The van der Waals surface area contributed by atoms with E-state index in [-0.39, 0.29) is 16.8 Å². The molecule has 0 spiro atoms. The van der Waals surface area contributed by atoms with Crippen LogP contribution in [0.5, 0.6) is 0 Å². The van der Waals surface area contributed by atoms with Crippen molar-refractivity contribution >= 4 is 21.6 Å². The summed E-state index contributed by atoms with van der Waals surface area (Å²) >= 11 is 0. The van der Waals surface area contributed by atoms with E-state index < -0.39 is 10.0 Å². The molecule has 0 saturated carbocycles. The lowest BCUT2D eigenvalue weighted by Gasteiger charge is -2.16. The average molecular weight is 423 g/mol. The Hall–Kier alpha value is -3.12. The van der Waals surface area contributed by atoms with Crippen molar-refractivity contribution in [1.82, 2.24) is 5.32 Å². The number of sulfonamides is 1. The second-order valence-corrected chi connectivity index (χ2v) is 9.17. The Morgan fingerprint density at radius 2 is 1.57 bits per heavy atom. The van der Waals surface area contributed by atoms with E-state index in [0.29, 0.717) is 11.3 Å². The molecule has 0 unspecified atom stereocenters. The van der Waals surface area contributed by atoms with Crippen LogP contribution in [0.15, 0.2) is 71.6 Å². The molecule has 0 radical (unpaired) electrons. The molecular weight excluding hydrogens is 396 g/mol. The molecule has 0 aromatic heterocycles. The number of para-hydroxylation sites is 1. The summed E-state index contributed by atoms with van der Waals surface area (Å²) in [5.41, 5.74) is 4.96. The monoisotopic (exact) mass is 422 g/mol. The summed E-state index contributed by atoms with van der Waals surface area (Å²) in [6.07, 6.45) is 0. The first-order valence-electron chi connectivity index (χ1n) is 9.74. The summed E-state index contributed by atoms with van der Waals surface area (Å²) in [5.74, 6) is -0.325. The lowest BCUT2D eigenvalue weighted by molar-refractivity contribution is 0.0939. The molecule has 5 nitrogen and oxygen atoms in total. The lowest BCUT2D eigenvalue weighted by Crippen LogP contribution is -2.27. The maximum Gasteiger partial charge on any atom is 0.261 e. The largest absolute Gasteiger partial charge is 0.346 e. The molecule has 0 heterocycles. The predicted octanol–water partition coefficient (Wildman–Crippen LogP) is 4.90. The molecule has 3 aromatic carbocycles. The van der Waals surface area contributed by atoms with Crippen molar-refractivity contribution in [1.29, 1.82) is 0 Å². The second-order valence-electron chi connectivity index (χ2n) is 7.49. The fourth-order valence-electron chi connectivity index (χ4n) is 3.09. The van der Waals surface area contributed by atoms with Crippen molar-refractivity contribution in [2.45, 2.75) is 38.6 Å². The molecule has 0 fully saturated rings. The van der Waals surface area contributed by atoms with E-state index in [9.17, 15) is 13.2 Å².